The van der Waals surface area contributed by atoms with Gasteiger partial charge >= 0.3 is 0 Å². The monoisotopic (exact) mass is 382 g/mol. The third-order valence-electron chi connectivity index (χ3n) is 5.34. The summed E-state index contributed by atoms with van der Waals surface area (Å²) in [6.45, 7) is 1.91. The summed E-state index contributed by atoms with van der Waals surface area (Å²) in [6.07, 6.45) is 9.52. The summed E-state index contributed by atoms with van der Waals surface area (Å²) in [4.78, 5) is 16.8. The first-order valence-corrected chi connectivity index (χ1v) is 9.53. The van der Waals surface area contributed by atoms with E-state index in [0.717, 1.165) is 36.0 Å². The molecule has 2 aliphatic rings. The Balaban J connectivity index is 1.32. The zero-order valence-corrected chi connectivity index (χ0v) is 15.8. The van der Waals surface area contributed by atoms with Gasteiger partial charge in [0, 0.05) is 31.3 Å². The predicted octanol–water partition coefficient (Wildman–Crippen LogP) is 1.33. The standard InChI is InChI=1S/C19H22N6O3/c1-11-17(27-11)18(26)22-13-3-4-14(7-13)28-19-16-5-6-20-25(16)10-15(23-19)12-8-21-24(2)9-12/h5-6,8-11,13-14,17H,3-4,7H2,1-2H3,(H,22,26)/t11-,13+,14-,17+/m1/s1. The van der Waals surface area contributed by atoms with Crippen LogP contribution in [0.3, 0.4) is 0 Å². The molecule has 0 radical (unpaired) electrons. The van der Waals surface area contributed by atoms with E-state index in [2.05, 4.69) is 15.5 Å². The van der Waals surface area contributed by atoms with Gasteiger partial charge in [-0.15, -0.1) is 0 Å². The van der Waals surface area contributed by atoms with Gasteiger partial charge in [-0.25, -0.2) is 9.50 Å². The molecule has 4 heterocycles. The number of carbonyl (C=O) groups excluding carboxylic acids is 1. The van der Waals surface area contributed by atoms with Crippen molar-refractivity contribution < 1.29 is 14.3 Å². The van der Waals surface area contributed by atoms with Gasteiger partial charge in [0.1, 0.15) is 11.6 Å². The van der Waals surface area contributed by atoms with E-state index in [0.29, 0.717) is 5.88 Å². The lowest BCUT2D eigenvalue weighted by molar-refractivity contribution is -0.123. The van der Waals surface area contributed by atoms with Crippen LogP contribution < -0.4 is 10.1 Å². The van der Waals surface area contributed by atoms with Gasteiger partial charge in [0.25, 0.3) is 5.91 Å². The number of nitrogens with zero attached hydrogens (tertiary/aromatic N) is 5. The van der Waals surface area contributed by atoms with Crippen LogP contribution in [0.2, 0.25) is 0 Å². The Kier molecular flexibility index (Phi) is 4.04. The number of nitrogens with one attached hydrogen (secondary N) is 1. The smallest absolute Gasteiger partial charge is 0.252 e. The molecular weight excluding hydrogens is 360 g/mol. The van der Waals surface area contributed by atoms with E-state index in [1.807, 2.05) is 32.4 Å². The Morgan fingerprint density at radius 1 is 1.32 bits per heavy atom. The van der Waals surface area contributed by atoms with Crippen molar-refractivity contribution in [3.05, 3.63) is 30.9 Å². The van der Waals surface area contributed by atoms with Crippen LogP contribution >= 0.6 is 0 Å². The maximum absolute atomic E-state index is 12.1. The molecule has 1 N–H and O–H groups in total. The van der Waals surface area contributed by atoms with Crippen molar-refractivity contribution in [1.82, 2.24) is 29.7 Å². The van der Waals surface area contributed by atoms with Crippen molar-refractivity contribution in [3.8, 4) is 17.1 Å². The van der Waals surface area contributed by atoms with Crippen LogP contribution in [0.5, 0.6) is 5.88 Å². The average molecular weight is 382 g/mol. The average Bonchev–Trinajstić information content (AvgIpc) is 3.07. The summed E-state index contributed by atoms with van der Waals surface area (Å²) in [5.41, 5.74) is 2.47. The largest absolute Gasteiger partial charge is 0.473 e. The minimum atomic E-state index is -0.288. The zero-order valence-electron chi connectivity index (χ0n) is 15.8. The second kappa shape index (κ2) is 6.59. The molecule has 1 aliphatic heterocycles. The predicted molar refractivity (Wildman–Crippen MR) is 99.7 cm³/mol. The number of aromatic nitrogens is 5. The second-order valence-electron chi connectivity index (χ2n) is 7.52. The lowest BCUT2D eigenvalue weighted by Crippen LogP contribution is -2.37. The van der Waals surface area contributed by atoms with E-state index in [9.17, 15) is 4.79 Å². The van der Waals surface area contributed by atoms with Crippen molar-refractivity contribution in [2.75, 3.05) is 0 Å². The highest BCUT2D eigenvalue weighted by atomic mass is 16.6. The van der Waals surface area contributed by atoms with Gasteiger partial charge in [-0.05, 0) is 25.8 Å². The fraction of sp³-hybridized carbons (Fsp3) is 0.474. The lowest BCUT2D eigenvalue weighted by Gasteiger charge is -2.15. The molecule has 4 atom stereocenters. The van der Waals surface area contributed by atoms with Crippen molar-refractivity contribution in [2.24, 2.45) is 7.05 Å². The highest BCUT2D eigenvalue weighted by Gasteiger charge is 2.42. The number of ether oxygens (including phenoxy) is 2. The van der Waals surface area contributed by atoms with Crippen LogP contribution in [0.25, 0.3) is 16.8 Å². The number of carbonyl (C=O) groups is 1. The molecule has 3 aromatic heterocycles. The maximum Gasteiger partial charge on any atom is 0.252 e. The maximum atomic E-state index is 12.1. The molecule has 5 rings (SSSR count). The van der Waals surface area contributed by atoms with Crippen molar-refractivity contribution in [2.45, 2.75) is 50.5 Å². The fourth-order valence-electron chi connectivity index (χ4n) is 3.76. The molecule has 9 heteroatoms. The van der Waals surface area contributed by atoms with E-state index in [-0.39, 0.29) is 30.3 Å². The van der Waals surface area contributed by atoms with Gasteiger partial charge in [0.2, 0.25) is 5.88 Å². The molecule has 1 saturated carbocycles. The van der Waals surface area contributed by atoms with Gasteiger partial charge in [-0.1, -0.05) is 0 Å². The first kappa shape index (κ1) is 17.2. The Morgan fingerprint density at radius 2 is 2.18 bits per heavy atom. The molecule has 1 saturated heterocycles. The normalized spacial score (nSPS) is 26.5. The molecular formula is C19H22N6O3. The zero-order chi connectivity index (χ0) is 19.3. The van der Waals surface area contributed by atoms with E-state index in [1.54, 1.807) is 21.6 Å². The van der Waals surface area contributed by atoms with Gasteiger partial charge < -0.3 is 14.8 Å². The van der Waals surface area contributed by atoms with E-state index >= 15 is 0 Å². The first-order chi connectivity index (χ1) is 13.6. The molecule has 0 unspecified atom stereocenters. The van der Waals surface area contributed by atoms with E-state index < -0.39 is 0 Å². The molecule has 9 nitrogen and oxygen atoms in total. The highest BCUT2D eigenvalue weighted by molar-refractivity contribution is 5.83. The van der Waals surface area contributed by atoms with Crippen LogP contribution in [0.15, 0.2) is 30.9 Å². The van der Waals surface area contributed by atoms with Crippen molar-refractivity contribution >= 4 is 11.4 Å². The Bertz CT molecular complexity index is 1030. The van der Waals surface area contributed by atoms with Crippen LogP contribution in [0, 0.1) is 0 Å². The molecule has 28 heavy (non-hydrogen) atoms. The third kappa shape index (κ3) is 3.22. The molecule has 1 aliphatic carbocycles. The topological polar surface area (TPSA) is 98.9 Å². The molecule has 0 bridgehead atoms. The summed E-state index contributed by atoms with van der Waals surface area (Å²) in [7, 11) is 1.87. The summed E-state index contributed by atoms with van der Waals surface area (Å²) < 4.78 is 15.0. The summed E-state index contributed by atoms with van der Waals surface area (Å²) in [6, 6.07) is 1.99. The third-order valence-corrected chi connectivity index (χ3v) is 5.34. The van der Waals surface area contributed by atoms with Gasteiger partial charge in [-0.2, -0.15) is 10.2 Å². The van der Waals surface area contributed by atoms with E-state index in [4.69, 9.17) is 14.5 Å². The SMILES string of the molecule is C[C@H]1O[C@@H]1C(=O)N[C@H]1CC[C@@H](Oc2nc(-c3cnn(C)c3)cn3nccc23)C1. The minimum absolute atomic E-state index is 0.00167. The quantitative estimate of drug-likeness (QED) is 0.669. The second-order valence-corrected chi connectivity index (χ2v) is 7.52. The Labute approximate surface area is 161 Å². The molecule has 2 fully saturated rings. The van der Waals surface area contributed by atoms with Crippen LogP contribution in [-0.4, -0.2) is 54.6 Å². The van der Waals surface area contributed by atoms with Gasteiger partial charge in [0.15, 0.2) is 6.10 Å². The summed E-state index contributed by atoms with van der Waals surface area (Å²) in [5, 5.41) is 11.6. The minimum Gasteiger partial charge on any atom is -0.473 e. The van der Waals surface area contributed by atoms with Crippen LogP contribution in [-0.2, 0) is 16.6 Å². The first-order valence-electron chi connectivity index (χ1n) is 9.53. The molecule has 1 amide bonds. The Morgan fingerprint density at radius 3 is 2.93 bits per heavy atom. The van der Waals surface area contributed by atoms with Gasteiger partial charge in [0.05, 0.1) is 30.4 Å². The van der Waals surface area contributed by atoms with Gasteiger partial charge in [-0.3, -0.25) is 9.48 Å². The summed E-state index contributed by atoms with van der Waals surface area (Å²) >= 11 is 0. The molecule has 0 spiro atoms. The molecule has 146 valence electrons. The number of hydrogen-bond donors (Lipinski definition) is 1. The van der Waals surface area contributed by atoms with Crippen molar-refractivity contribution in [1.29, 1.82) is 0 Å². The number of epoxide rings is 1. The van der Waals surface area contributed by atoms with Crippen LogP contribution in [0.4, 0.5) is 0 Å². The fourth-order valence-corrected chi connectivity index (χ4v) is 3.76. The number of fused-ring (bicyclic) bond motifs is 1. The molecule has 0 aromatic carbocycles. The number of hydrogen-bond acceptors (Lipinski definition) is 6. The number of amides is 1. The highest BCUT2D eigenvalue weighted by Crippen LogP contribution is 2.29. The lowest BCUT2D eigenvalue weighted by atomic mass is 10.2. The Hall–Kier alpha value is -2.94. The number of rotatable bonds is 5. The number of aryl methyl sites for hydroxylation is 1. The molecule has 3 aromatic rings. The summed E-state index contributed by atoms with van der Waals surface area (Å²) in [5.74, 6) is 0.531. The van der Waals surface area contributed by atoms with Crippen molar-refractivity contribution in [3.63, 3.8) is 0 Å². The van der Waals surface area contributed by atoms with E-state index in [1.165, 1.54) is 0 Å². The van der Waals surface area contributed by atoms with Crippen LogP contribution in [0.1, 0.15) is 26.2 Å².